The summed E-state index contributed by atoms with van der Waals surface area (Å²) < 4.78 is 63.3. The predicted octanol–water partition coefficient (Wildman–Crippen LogP) is 3.04. The lowest BCUT2D eigenvalue weighted by Gasteiger charge is -2.46. The van der Waals surface area contributed by atoms with E-state index in [0.717, 1.165) is 13.5 Å². The quantitative estimate of drug-likeness (QED) is 0.491. The van der Waals surface area contributed by atoms with E-state index in [-0.39, 0.29) is 24.2 Å². The molecule has 7 atom stereocenters. The summed E-state index contributed by atoms with van der Waals surface area (Å²) in [6, 6.07) is 0. The molecule has 22 heavy (non-hydrogen) atoms. The van der Waals surface area contributed by atoms with Gasteiger partial charge in [-0.1, -0.05) is 12.2 Å². The van der Waals surface area contributed by atoms with Gasteiger partial charge < -0.3 is 14.6 Å². The monoisotopic (exact) mass is 324 g/mol. The highest BCUT2D eigenvalue weighted by Gasteiger charge is 2.67. The van der Waals surface area contributed by atoms with Crippen LogP contribution in [0, 0.1) is 29.6 Å². The highest BCUT2D eigenvalue weighted by Crippen LogP contribution is 2.58. The number of alkyl halides is 4. The topological polar surface area (TPSA) is 38.7 Å². The molecule has 0 aromatic heterocycles. The Kier molecular flexibility index (Phi) is 4.02. The van der Waals surface area contributed by atoms with Crippen LogP contribution in [-0.2, 0) is 9.47 Å². The summed E-state index contributed by atoms with van der Waals surface area (Å²) in [7, 11) is 1.13. The second kappa shape index (κ2) is 5.46. The summed E-state index contributed by atoms with van der Waals surface area (Å²) in [4.78, 5) is 0. The van der Waals surface area contributed by atoms with Crippen molar-refractivity contribution < 1.29 is 32.1 Å². The summed E-state index contributed by atoms with van der Waals surface area (Å²) in [6.07, 6.45) is -1.26. The Balaban J connectivity index is 1.85. The summed E-state index contributed by atoms with van der Waals surface area (Å²) in [6.45, 7) is -0.806. The Morgan fingerprint density at radius 3 is 2.45 bits per heavy atom. The number of hydrogen-bond donors (Lipinski definition) is 1. The van der Waals surface area contributed by atoms with Crippen molar-refractivity contribution in [2.45, 2.75) is 37.4 Å². The van der Waals surface area contributed by atoms with Gasteiger partial charge >= 0.3 is 12.0 Å². The summed E-state index contributed by atoms with van der Waals surface area (Å²) >= 11 is 0. The van der Waals surface area contributed by atoms with Gasteiger partial charge in [0.1, 0.15) is 6.79 Å². The zero-order valence-electron chi connectivity index (χ0n) is 12.2. The molecule has 2 fully saturated rings. The van der Waals surface area contributed by atoms with Gasteiger partial charge in [-0.25, -0.2) is 4.39 Å². The van der Waals surface area contributed by atoms with E-state index < -0.39 is 30.8 Å². The van der Waals surface area contributed by atoms with Crippen molar-refractivity contribution in [2.24, 2.45) is 29.6 Å². The molecule has 0 aromatic rings. The Morgan fingerprint density at radius 1 is 1.14 bits per heavy atom. The van der Waals surface area contributed by atoms with Crippen molar-refractivity contribution in [3.63, 3.8) is 0 Å². The number of fused-ring (bicyclic) bond motifs is 5. The van der Waals surface area contributed by atoms with Crippen molar-refractivity contribution in [1.29, 1.82) is 0 Å². The molecule has 0 heterocycles. The van der Waals surface area contributed by atoms with Crippen LogP contribution in [-0.4, -0.2) is 37.1 Å². The molecular weight excluding hydrogens is 304 g/mol. The number of aliphatic hydroxyl groups is 1. The number of aliphatic hydroxyl groups excluding tert-OH is 1. The second-order valence-electron chi connectivity index (χ2n) is 6.56. The minimum absolute atomic E-state index is 0.0425. The van der Waals surface area contributed by atoms with Crippen LogP contribution in [0.2, 0.25) is 0 Å². The number of allylic oxidation sites excluding steroid dienone is 2. The summed E-state index contributed by atoms with van der Waals surface area (Å²) in [5, 5.41) is 10.5. The molecular formula is C15H20F4O3. The molecule has 3 aliphatic carbocycles. The largest absolute Gasteiger partial charge is 0.448 e. The SMILES string of the molecule is COCOC(F)(C1CCC2C3C=CC(C3)C2C1O)C(F)(F)F. The first-order valence-corrected chi connectivity index (χ1v) is 7.54. The number of methoxy groups -OCH3 is 1. The van der Waals surface area contributed by atoms with Crippen LogP contribution < -0.4 is 0 Å². The van der Waals surface area contributed by atoms with Crippen LogP contribution in [0.4, 0.5) is 17.6 Å². The first-order valence-electron chi connectivity index (χ1n) is 7.54. The lowest BCUT2D eigenvalue weighted by molar-refractivity contribution is -0.380. The number of ether oxygens (including phenoxy) is 2. The first-order chi connectivity index (χ1) is 10.3. The van der Waals surface area contributed by atoms with Gasteiger partial charge in [-0.2, -0.15) is 13.2 Å². The number of halogens is 4. The molecule has 0 amide bonds. The van der Waals surface area contributed by atoms with Gasteiger partial charge in [-0.15, -0.1) is 0 Å². The Morgan fingerprint density at radius 2 is 1.82 bits per heavy atom. The van der Waals surface area contributed by atoms with Crippen LogP contribution in [0.25, 0.3) is 0 Å². The van der Waals surface area contributed by atoms with E-state index in [0.29, 0.717) is 12.3 Å². The molecule has 0 aliphatic heterocycles. The fraction of sp³-hybridized carbons (Fsp3) is 0.867. The highest BCUT2D eigenvalue weighted by atomic mass is 19.4. The van der Waals surface area contributed by atoms with Crippen LogP contribution in [0.3, 0.4) is 0 Å². The third-order valence-corrected chi connectivity index (χ3v) is 5.56. The maximum Gasteiger partial charge on any atom is 0.448 e. The molecule has 3 aliphatic rings. The fourth-order valence-electron chi connectivity index (χ4n) is 4.64. The Bertz CT molecular complexity index is 453. The third-order valence-electron chi connectivity index (χ3n) is 5.56. The summed E-state index contributed by atoms with van der Waals surface area (Å²) in [5.41, 5.74) is 0. The van der Waals surface area contributed by atoms with Crippen molar-refractivity contribution in [2.75, 3.05) is 13.9 Å². The fourth-order valence-corrected chi connectivity index (χ4v) is 4.64. The Hall–Kier alpha value is -0.660. The van der Waals surface area contributed by atoms with Crippen LogP contribution in [0.1, 0.15) is 19.3 Å². The zero-order chi connectivity index (χ0) is 16.1. The van der Waals surface area contributed by atoms with Crippen molar-refractivity contribution in [3.8, 4) is 0 Å². The molecule has 0 spiro atoms. The van der Waals surface area contributed by atoms with Crippen molar-refractivity contribution in [3.05, 3.63) is 12.2 Å². The number of hydrogen-bond acceptors (Lipinski definition) is 3. The van der Waals surface area contributed by atoms with Gasteiger partial charge in [-0.3, -0.25) is 0 Å². The zero-order valence-corrected chi connectivity index (χ0v) is 12.2. The van der Waals surface area contributed by atoms with E-state index in [1.165, 1.54) is 0 Å². The van der Waals surface area contributed by atoms with E-state index in [1.807, 2.05) is 6.08 Å². The third kappa shape index (κ3) is 2.29. The maximum absolute atomic E-state index is 14.7. The smallest absolute Gasteiger partial charge is 0.392 e. The predicted molar refractivity (Wildman–Crippen MR) is 69.3 cm³/mol. The average molecular weight is 324 g/mol. The van der Waals surface area contributed by atoms with E-state index in [4.69, 9.17) is 0 Å². The van der Waals surface area contributed by atoms with E-state index in [9.17, 15) is 22.7 Å². The van der Waals surface area contributed by atoms with Gasteiger partial charge in [0.15, 0.2) is 0 Å². The molecule has 2 saturated carbocycles. The lowest BCUT2D eigenvalue weighted by atomic mass is 9.65. The normalized spacial score (nSPS) is 43.2. The molecule has 0 aromatic carbocycles. The van der Waals surface area contributed by atoms with Crippen molar-refractivity contribution in [1.82, 2.24) is 0 Å². The van der Waals surface area contributed by atoms with Crippen molar-refractivity contribution >= 4 is 0 Å². The van der Waals surface area contributed by atoms with Gasteiger partial charge in [-0.05, 0) is 42.9 Å². The van der Waals surface area contributed by atoms with Gasteiger partial charge in [0.05, 0.1) is 12.0 Å². The molecule has 7 unspecified atom stereocenters. The minimum atomic E-state index is -5.21. The molecule has 0 saturated heterocycles. The Labute approximate surface area is 126 Å². The van der Waals surface area contributed by atoms with Crippen LogP contribution in [0.5, 0.6) is 0 Å². The summed E-state index contributed by atoms with van der Waals surface area (Å²) in [5.74, 6) is -5.29. The van der Waals surface area contributed by atoms with Gasteiger partial charge in [0, 0.05) is 7.11 Å². The van der Waals surface area contributed by atoms with E-state index >= 15 is 0 Å². The van der Waals surface area contributed by atoms with Crippen LogP contribution >= 0.6 is 0 Å². The molecule has 3 nitrogen and oxygen atoms in total. The standard InChI is InChI=1S/C15H20F4O3/c1-21-7-22-14(16,15(17,18)19)11-5-4-10-8-2-3-9(6-8)12(10)13(11)20/h2-3,8-13,20H,4-7H2,1H3. The minimum Gasteiger partial charge on any atom is -0.392 e. The highest BCUT2D eigenvalue weighted by molar-refractivity contribution is 5.17. The van der Waals surface area contributed by atoms with Gasteiger partial charge in [0.25, 0.3) is 0 Å². The maximum atomic E-state index is 14.7. The molecule has 2 bridgehead atoms. The number of rotatable bonds is 4. The second-order valence-corrected chi connectivity index (χ2v) is 6.56. The molecule has 0 radical (unpaired) electrons. The molecule has 126 valence electrons. The van der Waals surface area contributed by atoms with Crippen LogP contribution in [0.15, 0.2) is 12.2 Å². The lowest BCUT2D eigenvalue weighted by Crippen LogP contribution is -2.58. The average Bonchev–Trinajstić information content (AvgIpc) is 3.05. The van der Waals surface area contributed by atoms with E-state index in [1.54, 1.807) is 0 Å². The van der Waals surface area contributed by atoms with E-state index in [2.05, 4.69) is 15.5 Å². The molecule has 1 N–H and O–H groups in total. The van der Waals surface area contributed by atoms with Gasteiger partial charge in [0.2, 0.25) is 0 Å². The molecule has 3 rings (SSSR count). The molecule has 7 heteroatoms. The first kappa shape index (κ1) is 16.2.